The first-order valence-electron chi connectivity index (χ1n) is 4.85. The molecule has 0 atom stereocenters. The van der Waals surface area contributed by atoms with Crippen LogP contribution in [0.15, 0.2) is 0 Å². The second-order valence-corrected chi connectivity index (χ2v) is 5.95. The van der Waals surface area contributed by atoms with Gasteiger partial charge in [-0.3, -0.25) is 4.79 Å². The van der Waals surface area contributed by atoms with Crippen LogP contribution in [0.1, 0.15) is 19.3 Å². The molecule has 0 radical (unpaired) electrons. The summed E-state index contributed by atoms with van der Waals surface area (Å²) in [6, 6.07) is 0. The highest BCUT2D eigenvalue weighted by Gasteiger charge is 2.72. The molecule has 0 aromatic heterocycles. The highest BCUT2D eigenvalue weighted by molar-refractivity contribution is 8.22. The smallest absolute Gasteiger partial charge is 0.311 e. The maximum Gasteiger partial charge on any atom is 0.311 e. The zero-order valence-electron chi connectivity index (χ0n) is 8.87. The van der Waals surface area contributed by atoms with E-state index in [9.17, 15) is 4.79 Å². The molecule has 15 heavy (non-hydrogen) atoms. The van der Waals surface area contributed by atoms with Crippen molar-refractivity contribution in [2.75, 3.05) is 20.0 Å². The molecule has 0 N–H and O–H groups in total. The number of ether oxygens (including phenoxy) is 2. The molecule has 0 aliphatic heterocycles. The van der Waals surface area contributed by atoms with Crippen molar-refractivity contribution < 1.29 is 14.3 Å². The Bertz CT molecular complexity index is 288. The molecular formula is C10H14O3S2. The SMILES string of the molecule is COC(=O)C12CC(COC(=S)SC)(C1)C2. The van der Waals surface area contributed by atoms with E-state index in [0.29, 0.717) is 11.0 Å². The molecule has 0 aromatic carbocycles. The molecular weight excluding hydrogens is 232 g/mol. The summed E-state index contributed by atoms with van der Waals surface area (Å²) < 4.78 is 10.8. The Morgan fingerprint density at radius 1 is 1.47 bits per heavy atom. The van der Waals surface area contributed by atoms with Gasteiger partial charge in [0.05, 0.1) is 19.1 Å². The van der Waals surface area contributed by atoms with Gasteiger partial charge >= 0.3 is 5.97 Å². The van der Waals surface area contributed by atoms with Crippen LogP contribution < -0.4 is 0 Å². The van der Waals surface area contributed by atoms with Crippen LogP contribution in [0.3, 0.4) is 0 Å². The molecule has 3 fully saturated rings. The van der Waals surface area contributed by atoms with Gasteiger partial charge in [0.2, 0.25) is 4.38 Å². The third kappa shape index (κ3) is 1.65. The summed E-state index contributed by atoms with van der Waals surface area (Å²) in [6.45, 7) is 0.658. The molecule has 0 aromatic rings. The molecule has 3 nitrogen and oxygen atoms in total. The van der Waals surface area contributed by atoms with Gasteiger partial charge in [-0.1, -0.05) is 11.8 Å². The molecule has 3 aliphatic carbocycles. The highest BCUT2D eigenvalue weighted by Crippen LogP contribution is 2.73. The van der Waals surface area contributed by atoms with Gasteiger partial charge in [0.25, 0.3) is 0 Å². The predicted molar refractivity (Wildman–Crippen MR) is 62.8 cm³/mol. The first-order valence-corrected chi connectivity index (χ1v) is 6.48. The number of esters is 1. The Morgan fingerprint density at radius 2 is 2.07 bits per heavy atom. The summed E-state index contributed by atoms with van der Waals surface area (Å²) in [4.78, 5) is 11.4. The number of hydrogen-bond acceptors (Lipinski definition) is 5. The number of carbonyl (C=O) groups excluding carboxylic acids is 1. The number of thioether (sulfide) groups is 1. The average Bonchev–Trinajstić information content (AvgIpc) is 2.12. The largest absolute Gasteiger partial charge is 0.478 e. The summed E-state index contributed by atoms with van der Waals surface area (Å²) in [5, 5.41) is 0. The zero-order chi connectivity index (χ0) is 11.1. The van der Waals surface area contributed by atoms with Crippen molar-refractivity contribution in [1.82, 2.24) is 0 Å². The van der Waals surface area contributed by atoms with Crippen molar-refractivity contribution in [3.05, 3.63) is 0 Å². The van der Waals surface area contributed by atoms with Crippen LogP contribution in [0.4, 0.5) is 0 Å². The normalized spacial score (nSPS) is 36.1. The molecule has 3 rings (SSSR count). The lowest BCUT2D eigenvalue weighted by molar-refractivity contribution is -0.234. The Balaban J connectivity index is 1.78. The van der Waals surface area contributed by atoms with Gasteiger partial charge in [-0.2, -0.15) is 0 Å². The maximum atomic E-state index is 11.4. The van der Waals surface area contributed by atoms with E-state index < -0.39 is 0 Å². The van der Waals surface area contributed by atoms with E-state index in [1.165, 1.54) is 18.9 Å². The van der Waals surface area contributed by atoms with Gasteiger partial charge < -0.3 is 9.47 Å². The summed E-state index contributed by atoms with van der Waals surface area (Å²) in [5.74, 6) is -0.0585. The zero-order valence-corrected chi connectivity index (χ0v) is 10.5. The van der Waals surface area contributed by atoms with Crippen LogP contribution in [-0.4, -0.2) is 30.3 Å². The van der Waals surface area contributed by atoms with Crippen LogP contribution in [-0.2, 0) is 14.3 Å². The minimum atomic E-state index is -0.168. The quantitative estimate of drug-likeness (QED) is 0.562. The predicted octanol–water partition coefficient (Wildman–Crippen LogP) is 1.99. The number of methoxy groups -OCH3 is 1. The molecule has 5 heteroatoms. The van der Waals surface area contributed by atoms with Gasteiger partial charge in [-0.25, -0.2) is 0 Å². The summed E-state index contributed by atoms with van der Waals surface area (Å²) in [7, 11) is 1.45. The number of carbonyl (C=O) groups is 1. The second kappa shape index (κ2) is 3.63. The van der Waals surface area contributed by atoms with Gasteiger partial charge in [-0.15, -0.1) is 0 Å². The van der Waals surface area contributed by atoms with Crippen LogP contribution in [0, 0.1) is 10.8 Å². The number of rotatable bonds is 3. The first-order chi connectivity index (χ1) is 7.06. The third-order valence-corrected chi connectivity index (χ3v) is 4.49. The molecule has 0 saturated heterocycles. The molecule has 84 valence electrons. The van der Waals surface area contributed by atoms with Crippen molar-refractivity contribution >= 4 is 34.3 Å². The fourth-order valence-corrected chi connectivity index (χ4v) is 3.09. The van der Waals surface area contributed by atoms with Gasteiger partial charge in [-0.05, 0) is 37.7 Å². The number of hydrogen-bond donors (Lipinski definition) is 0. The van der Waals surface area contributed by atoms with Gasteiger partial charge in [0, 0.05) is 5.41 Å². The molecule has 0 unspecified atom stereocenters. The first kappa shape index (κ1) is 11.2. The summed E-state index contributed by atoms with van der Waals surface area (Å²) >= 11 is 6.41. The van der Waals surface area contributed by atoms with Gasteiger partial charge in [0.15, 0.2) is 0 Å². The van der Waals surface area contributed by atoms with E-state index in [-0.39, 0.29) is 16.8 Å². The minimum absolute atomic E-state index is 0.0585. The minimum Gasteiger partial charge on any atom is -0.478 e. The van der Waals surface area contributed by atoms with E-state index in [1.807, 2.05) is 6.26 Å². The molecule has 3 saturated carbocycles. The molecule has 3 aliphatic rings. The van der Waals surface area contributed by atoms with E-state index in [1.54, 1.807) is 0 Å². The van der Waals surface area contributed by atoms with E-state index in [4.69, 9.17) is 21.7 Å². The van der Waals surface area contributed by atoms with E-state index in [0.717, 1.165) is 19.3 Å². The van der Waals surface area contributed by atoms with Crippen molar-refractivity contribution in [3.8, 4) is 0 Å². The fraction of sp³-hybridized carbons (Fsp3) is 0.800. The average molecular weight is 246 g/mol. The Morgan fingerprint density at radius 3 is 2.53 bits per heavy atom. The Hall–Kier alpha value is -0.290. The topological polar surface area (TPSA) is 35.5 Å². The third-order valence-electron chi connectivity index (χ3n) is 3.42. The van der Waals surface area contributed by atoms with Crippen LogP contribution in [0.2, 0.25) is 0 Å². The van der Waals surface area contributed by atoms with Crippen molar-refractivity contribution in [1.29, 1.82) is 0 Å². The van der Waals surface area contributed by atoms with Crippen molar-refractivity contribution in [2.24, 2.45) is 10.8 Å². The summed E-state index contributed by atoms with van der Waals surface area (Å²) in [6.07, 6.45) is 4.62. The molecule has 2 bridgehead atoms. The van der Waals surface area contributed by atoms with Crippen LogP contribution >= 0.6 is 24.0 Å². The van der Waals surface area contributed by atoms with Crippen LogP contribution in [0.25, 0.3) is 0 Å². The van der Waals surface area contributed by atoms with Crippen LogP contribution in [0.5, 0.6) is 0 Å². The van der Waals surface area contributed by atoms with Crippen molar-refractivity contribution in [2.45, 2.75) is 19.3 Å². The van der Waals surface area contributed by atoms with E-state index in [2.05, 4.69) is 0 Å². The Kier molecular flexibility index (Phi) is 2.71. The van der Waals surface area contributed by atoms with Gasteiger partial charge in [0.1, 0.15) is 0 Å². The lowest BCUT2D eigenvalue weighted by atomic mass is 9.35. The molecule has 0 spiro atoms. The molecule has 0 heterocycles. The van der Waals surface area contributed by atoms with Crippen molar-refractivity contribution in [3.63, 3.8) is 0 Å². The van der Waals surface area contributed by atoms with E-state index >= 15 is 0 Å². The monoisotopic (exact) mass is 246 g/mol. The number of thiocarbonyl (C=S) groups is 1. The lowest BCUT2D eigenvalue weighted by Crippen LogP contribution is -2.67. The highest BCUT2D eigenvalue weighted by atomic mass is 32.2. The standard InChI is InChI=1S/C10H14O3S2/c1-12-7(11)10-3-9(4-10,5-10)6-13-8(14)15-2/h3-6H2,1-2H3. The fourth-order valence-electron chi connectivity index (χ4n) is 2.86. The maximum absolute atomic E-state index is 11.4. The summed E-state index contributed by atoms with van der Waals surface area (Å²) in [5.41, 5.74) is 0.0487. The Labute approximate surface area is 98.9 Å². The molecule has 0 amide bonds. The lowest BCUT2D eigenvalue weighted by Gasteiger charge is -2.68. The second-order valence-electron chi connectivity index (χ2n) is 4.55.